The van der Waals surface area contributed by atoms with Gasteiger partial charge in [-0.2, -0.15) is 31.4 Å². The molecule has 0 unspecified atom stereocenters. The maximum absolute atomic E-state index is 13.6. The van der Waals surface area contributed by atoms with Gasteiger partial charge in [-0.15, -0.1) is 0 Å². The first-order valence-electron chi connectivity index (χ1n) is 11.0. The van der Waals surface area contributed by atoms with Crippen LogP contribution in [0.1, 0.15) is 47.1 Å². The minimum Gasteiger partial charge on any atom is -0.349 e. The number of aromatic amines is 2. The van der Waals surface area contributed by atoms with Crippen molar-refractivity contribution in [2.24, 2.45) is 0 Å². The van der Waals surface area contributed by atoms with Gasteiger partial charge in [0.05, 0.1) is 36.4 Å². The Kier molecular flexibility index (Phi) is 7.44. The van der Waals surface area contributed by atoms with Crippen LogP contribution < -0.4 is 5.69 Å². The summed E-state index contributed by atoms with van der Waals surface area (Å²) in [5.74, 6) is -0.239. The molecule has 14 heteroatoms. The Balaban J connectivity index is 1.66. The number of alkyl halides is 6. The van der Waals surface area contributed by atoms with Gasteiger partial charge in [0.2, 0.25) is 0 Å². The first kappa shape index (κ1) is 26.8. The van der Waals surface area contributed by atoms with Crippen molar-refractivity contribution in [3.8, 4) is 0 Å². The van der Waals surface area contributed by atoms with Crippen molar-refractivity contribution >= 4 is 0 Å². The maximum Gasteiger partial charge on any atom is 0.416 e. The molecule has 0 spiro atoms. The lowest BCUT2D eigenvalue weighted by atomic mass is 10.0. The van der Waals surface area contributed by atoms with Crippen LogP contribution in [0.4, 0.5) is 30.7 Å². The normalized spacial score (nSPS) is 20.2. The molecule has 0 aliphatic carbocycles. The molecule has 4 rings (SSSR count). The van der Waals surface area contributed by atoms with Crippen LogP contribution >= 0.6 is 0 Å². The number of hydrogen-bond acceptors (Lipinski definition) is 5. The number of ether oxygens (including phenoxy) is 2. The number of morpholine rings is 1. The average Bonchev–Trinajstić information content (AvgIpc) is 3.23. The second kappa shape index (κ2) is 10.3. The Morgan fingerprint density at radius 2 is 1.70 bits per heavy atom. The molecule has 7 nitrogen and oxygen atoms in total. The van der Waals surface area contributed by atoms with E-state index in [1.807, 2.05) is 0 Å². The molecule has 37 heavy (non-hydrogen) atoms. The van der Waals surface area contributed by atoms with Crippen molar-refractivity contribution in [2.45, 2.75) is 44.3 Å². The smallest absolute Gasteiger partial charge is 0.349 e. The van der Waals surface area contributed by atoms with Gasteiger partial charge in [0.15, 0.2) is 6.29 Å². The minimum atomic E-state index is -5.01. The molecule has 0 bridgehead atoms. The molecular formula is C23H21F7N4O3. The lowest BCUT2D eigenvalue weighted by Crippen LogP contribution is -2.46. The van der Waals surface area contributed by atoms with E-state index < -0.39 is 53.4 Å². The van der Waals surface area contributed by atoms with Gasteiger partial charge in [-0.1, -0.05) is 12.1 Å². The van der Waals surface area contributed by atoms with Crippen LogP contribution in [0.2, 0.25) is 0 Å². The van der Waals surface area contributed by atoms with Gasteiger partial charge in [0.1, 0.15) is 11.6 Å². The molecule has 0 radical (unpaired) electrons. The second-order valence-corrected chi connectivity index (χ2v) is 8.45. The molecule has 2 N–H and O–H groups in total. The topological polar surface area (TPSA) is 83.2 Å². The van der Waals surface area contributed by atoms with Crippen LogP contribution in [-0.2, 0) is 28.4 Å². The van der Waals surface area contributed by atoms with Crippen molar-refractivity contribution in [2.75, 3.05) is 13.2 Å². The molecule has 0 saturated carbocycles. The van der Waals surface area contributed by atoms with E-state index >= 15 is 0 Å². The molecule has 1 aliphatic heterocycles. The molecule has 1 aliphatic rings. The highest BCUT2D eigenvalue weighted by molar-refractivity contribution is 5.34. The number of rotatable bonds is 6. The lowest BCUT2D eigenvalue weighted by molar-refractivity contribution is -0.231. The molecule has 1 aromatic heterocycles. The summed E-state index contributed by atoms with van der Waals surface area (Å²) in [5.41, 5.74) is -3.30. The van der Waals surface area contributed by atoms with E-state index in [0.29, 0.717) is 24.2 Å². The Bertz CT molecular complexity index is 1240. The first-order chi connectivity index (χ1) is 17.3. The zero-order valence-electron chi connectivity index (χ0n) is 19.2. The minimum absolute atomic E-state index is 0.0427. The number of aromatic nitrogens is 3. The quantitative estimate of drug-likeness (QED) is 0.342. The van der Waals surface area contributed by atoms with E-state index in [9.17, 15) is 35.5 Å². The van der Waals surface area contributed by atoms with Crippen LogP contribution in [-0.4, -0.2) is 39.5 Å². The largest absolute Gasteiger partial charge is 0.416 e. The zero-order valence-corrected chi connectivity index (χ0v) is 19.2. The van der Waals surface area contributed by atoms with Gasteiger partial charge in [0.25, 0.3) is 0 Å². The molecule has 0 amide bonds. The average molecular weight is 539 g/mol. The van der Waals surface area contributed by atoms with E-state index in [2.05, 4.69) is 15.2 Å². The van der Waals surface area contributed by atoms with E-state index in [-0.39, 0.29) is 30.6 Å². The highest BCUT2D eigenvalue weighted by Crippen LogP contribution is 2.39. The molecule has 1 fully saturated rings. The number of nitrogens with zero attached hydrogens (tertiary/aromatic N) is 2. The van der Waals surface area contributed by atoms with Gasteiger partial charge in [0, 0.05) is 6.54 Å². The fourth-order valence-corrected chi connectivity index (χ4v) is 4.07. The molecule has 200 valence electrons. The molecular weight excluding hydrogens is 518 g/mol. The predicted molar refractivity (Wildman–Crippen MR) is 114 cm³/mol. The summed E-state index contributed by atoms with van der Waals surface area (Å²) in [6.45, 7) is 1.82. The highest BCUT2D eigenvalue weighted by Gasteiger charge is 2.39. The molecule has 2 aromatic carbocycles. The third-order valence-corrected chi connectivity index (χ3v) is 5.84. The van der Waals surface area contributed by atoms with Gasteiger partial charge in [-0.3, -0.25) is 9.88 Å². The Morgan fingerprint density at radius 1 is 1.08 bits per heavy atom. The number of H-pyrrole nitrogens is 2. The van der Waals surface area contributed by atoms with E-state index in [1.54, 1.807) is 4.90 Å². The Morgan fingerprint density at radius 3 is 2.24 bits per heavy atom. The summed E-state index contributed by atoms with van der Waals surface area (Å²) in [7, 11) is 0. The summed E-state index contributed by atoms with van der Waals surface area (Å²) in [4.78, 5) is 15.7. The molecule has 3 aromatic rings. The Hall–Kier alpha value is -3.23. The maximum atomic E-state index is 13.6. The van der Waals surface area contributed by atoms with Crippen LogP contribution in [0, 0.1) is 5.82 Å². The van der Waals surface area contributed by atoms with E-state index in [0.717, 1.165) is 0 Å². The number of hydrogen-bond donors (Lipinski definition) is 2. The van der Waals surface area contributed by atoms with E-state index in [4.69, 9.17) is 9.47 Å². The number of nitrogens with one attached hydrogen (secondary N) is 2. The third-order valence-electron chi connectivity index (χ3n) is 5.84. The summed E-state index contributed by atoms with van der Waals surface area (Å²) in [6, 6.07) is 5.79. The van der Waals surface area contributed by atoms with Gasteiger partial charge in [-0.25, -0.2) is 14.3 Å². The van der Waals surface area contributed by atoms with Crippen LogP contribution in [0.5, 0.6) is 0 Å². The standard InChI is InChI=1S/C23H21F7N4O3/c1-12(14-8-15(22(25,26)27)10-16(9-14)23(28,29)30)37-20-19(13-2-4-17(24)5-3-13)34(6-7-36-20)11-18-31-21(35)33-32-18/h2-5,8-10,12,19-20H,6-7,11H2,1H3,(H2,31,32,33,35)/t12-,19+,20-/m1/s1/i11+1,18+1,31+1,32+1,33+1. The van der Waals surface area contributed by atoms with Crippen molar-refractivity contribution in [3.05, 3.63) is 86.8 Å². The fourth-order valence-electron chi connectivity index (χ4n) is 4.07. The van der Waals surface area contributed by atoms with Gasteiger partial charge >= 0.3 is 18.0 Å². The highest BCUT2D eigenvalue weighted by atomic mass is 19.4. The van der Waals surface area contributed by atoms with Crippen molar-refractivity contribution in [1.29, 1.82) is 0 Å². The predicted octanol–water partition coefficient (Wildman–Crippen LogP) is 4.95. The van der Waals surface area contributed by atoms with Crippen molar-refractivity contribution in [3.63, 3.8) is 0 Å². The number of halogens is 7. The second-order valence-electron chi connectivity index (χ2n) is 8.45. The molecule has 1 saturated heterocycles. The number of benzene rings is 2. The third kappa shape index (κ3) is 6.37. The summed E-state index contributed by atoms with van der Waals surface area (Å²) in [5, 5.41) is 6.10. The summed E-state index contributed by atoms with van der Waals surface area (Å²) < 4.78 is 105. The molecule has 2 heterocycles. The van der Waals surface area contributed by atoms with Crippen LogP contribution in [0.15, 0.2) is 47.3 Å². The van der Waals surface area contributed by atoms with E-state index in [1.165, 1.54) is 31.2 Å². The van der Waals surface area contributed by atoms with Gasteiger partial charge < -0.3 is 9.47 Å². The summed E-state index contributed by atoms with van der Waals surface area (Å²) >= 11 is 0. The summed E-state index contributed by atoms with van der Waals surface area (Å²) in [6.07, 6.45) is -12.4. The van der Waals surface area contributed by atoms with Gasteiger partial charge in [-0.05, 0) is 48.4 Å². The monoisotopic (exact) mass is 539 g/mol. The first-order valence-corrected chi connectivity index (χ1v) is 11.0. The zero-order chi connectivity index (χ0) is 27.0. The van der Waals surface area contributed by atoms with Crippen LogP contribution in [0.3, 0.4) is 0 Å². The van der Waals surface area contributed by atoms with Crippen molar-refractivity contribution in [1.82, 2.24) is 20.1 Å². The fraction of sp³-hybridized carbons (Fsp3) is 0.391. The lowest BCUT2D eigenvalue weighted by Gasteiger charge is -2.41. The van der Waals surface area contributed by atoms with Crippen LogP contribution in [0.25, 0.3) is 0 Å². The van der Waals surface area contributed by atoms with Crippen molar-refractivity contribution < 1.29 is 40.2 Å². The Labute approximate surface area is 205 Å². The molecule has 3 atom stereocenters. The SMILES string of the molecule is C[C@@H](O[C@H]1OCCN([13CH2][13c]2[15n][15nH]c(=O)[15nH]2)[C@H]1c1ccc(F)cc1)c1cc(C(F)(F)F)cc(C(F)(F)F)c1.